The molecule has 0 aliphatic carbocycles. The molecule has 1 unspecified atom stereocenters. The van der Waals surface area contributed by atoms with Gasteiger partial charge in [0.25, 0.3) is 5.91 Å². The van der Waals surface area contributed by atoms with Gasteiger partial charge in [0.15, 0.2) is 0 Å². The Labute approximate surface area is 188 Å². The van der Waals surface area contributed by atoms with Crippen molar-refractivity contribution in [2.75, 3.05) is 57.5 Å². The summed E-state index contributed by atoms with van der Waals surface area (Å²) in [4.78, 5) is 15.1. The summed E-state index contributed by atoms with van der Waals surface area (Å²) < 4.78 is 44.6. The number of carbonyl (C=O) groups is 1. The number of amides is 1. The fourth-order valence-corrected chi connectivity index (χ4v) is 5.59. The summed E-state index contributed by atoms with van der Waals surface area (Å²) >= 11 is 0. The Hall–Kier alpha value is -2.40. The third-order valence-corrected chi connectivity index (χ3v) is 7.55. The molecule has 2 saturated heterocycles. The van der Waals surface area contributed by atoms with Crippen LogP contribution < -0.4 is 10.2 Å². The lowest BCUT2D eigenvalue weighted by Crippen LogP contribution is -2.42. The first-order valence-corrected chi connectivity index (χ1v) is 12.3. The molecule has 2 fully saturated rings. The predicted octanol–water partition coefficient (Wildman–Crippen LogP) is 1.50. The van der Waals surface area contributed by atoms with Gasteiger partial charge in [0.2, 0.25) is 10.0 Å². The molecular weight excluding hydrogens is 434 g/mol. The molecule has 2 aliphatic heterocycles. The maximum atomic E-state index is 13.5. The molecule has 0 radical (unpaired) electrons. The number of nitrogens with zero attached hydrogens (tertiary/aromatic N) is 2. The molecule has 32 heavy (non-hydrogen) atoms. The van der Waals surface area contributed by atoms with Crippen molar-refractivity contribution in [1.29, 1.82) is 0 Å². The standard InChI is InChI=1S/C22H29N3O6S/c1-17(15-19-3-2-10-31-19)23-22(26)18-4-5-20(24-6-11-29-12-7-24)21(16-18)32(27,28)25-8-13-30-14-9-25/h2-5,10,16-17H,6-9,11-15H2,1H3,(H,23,26). The normalized spacial score (nSPS) is 19.0. The maximum Gasteiger partial charge on any atom is 0.251 e. The minimum atomic E-state index is -3.79. The molecular formula is C22H29N3O6S. The molecule has 1 aromatic carbocycles. The van der Waals surface area contributed by atoms with Crippen molar-refractivity contribution in [3.8, 4) is 0 Å². The van der Waals surface area contributed by atoms with Crippen LogP contribution in [0.3, 0.4) is 0 Å². The quantitative estimate of drug-likeness (QED) is 0.664. The Morgan fingerprint density at radius 1 is 1.06 bits per heavy atom. The second kappa shape index (κ2) is 10.0. The lowest BCUT2D eigenvalue weighted by Gasteiger charge is -2.32. The highest BCUT2D eigenvalue weighted by Gasteiger charge is 2.31. The molecule has 3 heterocycles. The van der Waals surface area contributed by atoms with Gasteiger partial charge in [-0.2, -0.15) is 4.31 Å². The monoisotopic (exact) mass is 463 g/mol. The van der Waals surface area contributed by atoms with E-state index in [1.807, 2.05) is 17.9 Å². The van der Waals surface area contributed by atoms with Gasteiger partial charge < -0.3 is 24.1 Å². The predicted molar refractivity (Wildman–Crippen MR) is 118 cm³/mol. The largest absolute Gasteiger partial charge is 0.469 e. The van der Waals surface area contributed by atoms with Crippen molar-refractivity contribution >= 4 is 21.6 Å². The van der Waals surface area contributed by atoms with E-state index < -0.39 is 10.0 Å². The van der Waals surface area contributed by atoms with Gasteiger partial charge in [-0.25, -0.2) is 8.42 Å². The zero-order chi connectivity index (χ0) is 22.6. The third-order valence-electron chi connectivity index (χ3n) is 5.63. The molecule has 1 N–H and O–H groups in total. The van der Waals surface area contributed by atoms with Gasteiger partial charge in [-0.05, 0) is 37.3 Å². The Balaban J connectivity index is 1.61. The van der Waals surface area contributed by atoms with Crippen molar-refractivity contribution < 1.29 is 27.1 Å². The average Bonchev–Trinajstić information content (AvgIpc) is 3.32. The summed E-state index contributed by atoms with van der Waals surface area (Å²) in [5.74, 6) is 0.451. The lowest BCUT2D eigenvalue weighted by molar-refractivity contribution is 0.0730. The molecule has 4 rings (SSSR count). The number of hydrogen-bond acceptors (Lipinski definition) is 7. The van der Waals surface area contributed by atoms with Crippen LogP contribution in [-0.4, -0.2) is 77.3 Å². The lowest BCUT2D eigenvalue weighted by atomic mass is 10.1. The van der Waals surface area contributed by atoms with Crippen LogP contribution in [0.15, 0.2) is 45.9 Å². The van der Waals surface area contributed by atoms with E-state index in [1.54, 1.807) is 24.5 Å². The van der Waals surface area contributed by atoms with Gasteiger partial charge in [0.1, 0.15) is 10.7 Å². The summed E-state index contributed by atoms with van der Waals surface area (Å²) in [6.45, 7) is 5.44. The van der Waals surface area contributed by atoms with E-state index in [0.717, 1.165) is 5.76 Å². The summed E-state index contributed by atoms with van der Waals surface area (Å²) in [5, 5.41) is 2.93. The number of ether oxygens (including phenoxy) is 2. The SMILES string of the molecule is CC(Cc1ccco1)NC(=O)c1ccc(N2CCOCC2)c(S(=O)(=O)N2CCOCC2)c1. The highest BCUT2D eigenvalue weighted by molar-refractivity contribution is 7.89. The van der Waals surface area contributed by atoms with E-state index in [-0.39, 0.29) is 16.8 Å². The van der Waals surface area contributed by atoms with Crippen LogP contribution in [0.4, 0.5) is 5.69 Å². The Morgan fingerprint density at radius 2 is 1.75 bits per heavy atom. The number of furan rings is 1. The molecule has 10 heteroatoms. The van der Waals surface area contributed by atoms with Gasteiger partial charge in [0.05, 0.1) is 38.4 Å². The molecule has 0 bridgehead atoms. The number of nitrogens with one attached hydrogen (secondary N) is 1. The summed E-state index contributed by atoms with van der Waals surface area (Å²) in [6.07, 6.45) is 2.14. The second-order valence-corrected chi connectivity index (χ2v) is 9.86. The summed E-state index contributed by atoms with van der Waals surface area (Å²) in [7, 11) is -3.79. The smallest absolute Gasteiger partial charge is 0.251 e. The fraction of sp³-hybridized carbons (Fsp3) is 0.500. The van der Waals surface area contributed by atoms with E-state index in [9.17, 15) is 13.2 Å². The van der Waals surface area contributed by atoms with Crippen molar-refractivity contribution in [3.05, 3.63) is 47.9 Å². The second-order valence-electron chi connectivity index (χ2n) is 7.96. The highest BCUT2D eigenvalue weighted by Crippen LogP contribution is 2.30. The van der Waals surface area contributed by atoms with E-state index in [1.165, 1.54) is 10.4 Å². The first kappa shape index (κ1) is 22.8. The minimum Gasteiger partial charge on any atom is -0.469 e. The molecule has 0 spiro atoms. The van der Waals surface area contributed by atoms with Crippen LogP contribution in [-0.2, 0) is 25.9 Å². The van der Waals surface area contributed by atoms with Gasteiger partial charge in [-0.1, -0.05) is 0 Å². The highest BCUT2D eigenvalue weighted by atomic mass is 32.2. The molecule has 9 nitrogen and oxygen atoms in total. The number of sulfonamides is 1. The van der Waals surface area contributed by atoms with Gasteiger partial charge in [0, 0.05) is 44.2 Å². The van der Waals surface area contributed by atoms with Crippen LogP contribution in [0.25, 0.3) is 0 Å². The Morgan fingerprint density at radius 3 is 2.41 bits per heavy atom. The van der Waals surface area contributed by atoms with Gasteiger partial charge >= 0.3 is 0 Å². The molecule has 1 aromatic heterocycles. The number of benzene rings is 1. The summed E-state index contributed by atoms with van der Waals surface area (Å²) in [5.41, 5.74) is 0.903. The number of hydrogen-bond donors (Lipinski definition) is 1. The van der Waals surface area contributed by atoms with Gasteiger partial charge in [-0.15, -0.1) is 0 Å². The molecule has 1 atom stereocenters. The van der Waals surface area contributed by atoms with Crippen molar-refractivity contribution in [2.45, 2.75) is 24.3 Å². The Bertz CT molecular complexity index is 1010. The topological polar surface area (TPSA) is 101 Å². The van der Waals surface area contributed by atoms with E-state index in [2.05, 4.69) is 5.32 Å². The minimum absolute atomic E-state index is 0.146. The summed E-state index contributed by atoms with van der Waals surface area (Å²) in [6, 6.07) is 8.38. The van der Waals surface area contributed by atoms with Crippen LogP contribution in [0.5, 0.6) is 0 Å². The van der Waals surface area contributed by atoms with E-state index in [0.29, 0.717) is 70.3 Å². The third kappa shape index (κ3) is 5.15. The molecule has 2 aliphatic rings. The zero-order valence-electron chi connectivity index (χ0n) is 18.2. The van der Waals surface area contributed by atoms with E-state index >= 15 is 0 Å². The fourth-order valence-electron chi connectivity index (χ4n) is 3.94. The molecule has 1 amide bonds. The first-order chi connectivity index (χ1) is 15.4. The van der Waals surface area contributed by atoms with E-state index in [4.69, 9.17) is 13.9 Å². The molecule has 0 saturated carbocycles. The number of morpholine rings is 2. The van der Waals surface area contributed by atoms with Crippen LogP contribution in [0.1, 0.15) is 23.0 Å². The van der Waals surface area contributed by atoms with Crippen molar-refractivity contribution in [3.63, 3.8) is 0 Å². The maximum absolute atomic E-state index is 13.5. The number of anilines is 1. The average molecular weight is 464 g/mol. The van der Waals surface area contributed by atoms with Crippen LogP contribution in [0, 0.1) is 0 Å². The Kier molecular flexibility index (Phi) is 7.14. The van der Waals surface area contributed by atoms with Crippen LogP contribution in [0.2, 0.25) is 0 Å². The molecule has 174 valence electrons. The van der Waals surface area contributed by atoms with Crippen LogP contribution >= 0.6 is 0 Å². The number of carbonyl (C=O) groups excluding carboxylic acids is 1. The van der Waals surface area contributed by atoms with Crippen molar-refractivity contribution in [2.24, 2.45) is 0 Å². The first-order valence-electron chi connectivity index (χ1n) is 10.8. The zero-order valence-corrected chi connectivity index (χ0v) is 19.0. The van der Waals surface area contributed by atoms with Crippen molar-refractivity contribution in [1.82, 2.24) is 9.62 Å². The number of rotatable bonds is 7. The van der Waals surface area contributed by atoms with Gasteiger partial charge in [-0.3, -0.25) is 4.79 Å². The molecule has 2 aromatic rings.